The lowest BCUT2D eigenvalue weighted by molar-refractivity contribution is 1.62. The van der Waals surface area contributed by atoms with Gasteiger partial charge in [-0.2, -0.15) is 5.01 Å². The van der Waals surface area contributed by atoms with Crippen LogP contribution in [-0.4, -0.2) is 80.8 Å². The molecule has 0 atom stereocenters. The van der Waals surface area contributed by atoms with Crippen molar-refractivity contribution < 1.29 is 0 Å². The standard InChI is InChI=1S/CB11/c2-9-1(10(3)4,11(5)6)12(7)8. The van der Waals surface area contributed by atoms with Crippen molar-refractivity contribution in [1.82, 2.24) is 0 Å². The topological polar surface area (TPSA) is 0 Å². The van der Waals surface area contributed by atoms with Gasteiger partial charge in [0.15, 0.2) is 0 Å². The number of hydrogen-bond acceptors (Lipinski definition) is 0. The highest BCUT2D eigenvalue weighted by Gasteiger charge is 2.37. The van der Waals surface area contributed by atoms with E-state index >= 15 is 0 Å². The molecular weight excluding hydrogens is 131 g/mol. The van der Waals surface area contributed by atoms with Gasteiger partial charge in [0, 0.05) is 80.8 Å². The zero-order chi connectivity index (χ0) is 9.94. The first-order valence-corrected chi connectivity index (χ1v) is 3.49. The van der Waals surface area contributed by atoms with Crippen LogP contribution in [0.15, 0.2) is 0 Å². The van der Waals surface area contributed by atoms with E-state index in [0.717, 1.165) is 7.17 Å². The predicted octanol–water partition coefficient (Wildman–Crippen LogP) is -3.97. The second-order valence-corrected chi connectivity index (χ2v) is 2.74. The van der Waals surface area contributed by atoms with Crippen LogP contribution in [0.1, 0.15) is 0 Å². The first-order valence-electron chi connectivity index (χ1n) is 3.49. The van der Waals surface area contributed by atoms with Gasteiger partial charge in [0.1, 0.15) is 0 Å². The Bertz CT molecular complexity index is 103. The third kappa shape index (κ3) is 2.14. The monoisotopic (exact) mass is 133 g/mol. The maximum absolute atomic E-state index is 5.43. The summed E-state index contributed by atoms with van der Waals surface area (Å²) in [5.41, 5.74) is 0. The minimum Gasteiger partial charge on any atom is -0.168 e. The van der Waals surface area contributed by atoms with E-state index in [9.17, 15) is 0 Å². The van der Waals surface area contributed by atoms with Crippen LogP contribution in [-0.2, 0) is 0 Å². The normalized spacial score (nSPS) is 10.3. The van der Waals surface area contributed by atoms with Crippen molar-refractivity contribution in [2.45, 2.75) is 5.01 Å². The largest absolute Gasteiger partial charge is 0.168 e. The summed E-state index contributed by atoms with van der Waals surface area (Å²) in [7, 11) is 39.0. The maximum Gasteiger partial charge on any atom is 0.0319 e. The van der Waals surface area contributed by atoms with Gasteiger partial charge in [-0.3, -0.25) is 0 Å². The van der Waals surface area contributed by atoms with E-state index in [1.165, 1.54) is 0 Å². The quantitative estimate of drug-likeness (QED) is 0.341. The Morgan fingerprint density at radius 2 is 1.00 bits per heavy atom. The van der Waals surface area contributed by atoms with Crippen molar-refractivity contribution in [1.29, 1.82) is 0 Å². The van der Waals surface area contributed by atoms with Crippen molar-refractivity contribution in [3.63, 3.8) is 0 Å². The van der Waals surface area contributed by atoms with Crippen LogP contribution < -0.4 is 0 Å². The first-order chi connectivity index (χ1) is 5.39. The van der Waals surface area contributed by atoms with Gasteiger partial charge >= 0.3 is 0 Å². The molecule has 0 aliphatic rings. The molecule has 0 heterocycles. The lowest BCUT2D eigenvalue weighted by Crippen LogP contribution is -2.61. The summed E-state index contributed by atoms with van der Waals surface area (Å²) in [4.78, 5) is 0. The zero-order valence-electron chi connectivity index (χ0n) is 6.85. The second kappa shape index (κ2) is 4.81. The van der Waals surface area contributed by atoms with E-state index in [1.54, 1.807) is 0 Å². The highest BCUT2D eigenvalue weighted by molar-refractivity contribution is 7.59. The molecule has 0 unspecified atom stereocenters. The summed E-state index contributed by atoms with van der Waals surface area (Å²) >= 11 is 0. The van der Waals surface area contributed by atoms with E-state index in [2.05, 4.69) is 0 Å². The van der Waals surface area contributed by atoms with Gasteiger partial charge in [0.25, 0.3) is 0 Å². The molecular formula is CB11. The van der Waals surface area contributed by atoms with Crippen LogP contribution in [0.3, 0.4) is 0 Å². The van der Waals surface area contributed by atoms with E-state index in [-0.39, 0.29) is 0 Å². The molecule has 0 aromatic heterocycles. The smallest absolute Gasteiger partial charge is 0.0319 e. The van der Waals surface area contributed by atoms with Crippen molar-refractivity contribution >= 4 is 80.8 Å². The number of rotatable bonds is 4. The van der Waals surface area contributed by atoms with Gasteiger partial charge in [0.05, 0.1) is 0 Å². The third-order valence-electron chi connectivity index (χ3n) is 2.02. The van der Waals surface area contributed by atoms with E-state index in [4.69, 9.17) is 54.2 Å². The molecule has 11 heteroatoms. The van der Waals surface area contributed by atoms with Gasteiger partial charge < -0.3 is 0 Å². The summed E-state index contributed by atoms with van der Waals surface area (Å²) in [6, 6.07) is 0. The molecule has 0 aromatic carbocycles. The SMILES string of the molecule is [B][B]C(B([B])[B])(B([B])[B])B([B])[B]. The highest BCUT2D eigenvalue weighted by Crippen LogP contribution is 2.26. The van der Waals surface area contributed by atoms with E-state index < -0.39 is 24.5 Å². The second-order valence-electron chi connectivity index (χ2n) is 2.74. The summed E-state index contributed by atoms with van der Waals surface area (Å²) < 4.78 is 0. The Morgan fingerprint density at radius 3 is 1.00 bits per heavy atom. The van der Waals surface area contributed by atoms with Crippen LogP contribution >= 0.6 is 0 Å². The van der Waals surface area contributed by atoms with Crippen LogP contribution in [0.25, 0.3) is 0 Å². The van der Waals surface area contributed by atoms with E-state index in [0.29, 0.717) is 0 Å². The fourth-order valence-electron chi connectivity index (χ4n) is 1.00. The lowest BCUT2D eigenvalue weighted by atomic mass is 8.73. The molecule has 15 radical (unpaired) electrons. The molecule has 0 aromatic rings. The van der Waals surface area contributed by atoms with Crippen molar-refractivity contribution in [3.05, 3.63) is 0 Å². The third-order valence-corrected chi connectivity index (χ3v) is 2.02. The highest BCUT2D eigenvalue weighted by atomic mass is 13.7. The average molecular weight is 131 g/mol. The van der Waals surface area contributed by atoms with Gasteiger partial charge in [0.2, 0.25) is 0 Å². The Morgan fingerprint density at radius 1 is 0.750 bits per heavy atom. The predicted molar refractivity (Wildman–Crippen MR) is 66.0 cm³/mol. The van der Waals surface area contributed by atoms with E-state index in [1.807, 2.05) is 0 Å². The molecule has 0 saturated carbocycles. The van der Waals surface area contributed by atoms with Crippen molar-refractivity contribution in [2.75, 3.05) is 0 Å². The Balaban J connectivity index is 4.77. The molecule has 0 N–H and O–H groups in total. The summed E-state index contributed by atoms with van der Waals surface area (Å²) in [6.45, 7) is -2.66. The summed E-state index contributed by atoms with van der Waals surface area (Å²) in [5, 5.41) is -1.14. The minimum absolute atomic E-state index is 0.887. The fraction of sp³-hybridized carbons (Fsp3) is 1.00. The maximum atomic E-state index is 5.43. The minimum atomic E-state index is -1.14. The molecule has 0 rings (SSSR count). The van der Waals surface area contributed by atoms with Gasteiger partial charge in [-0.05, 0) is 0 Å². The lowest BCUT2D eigenvalue weighted by Gasteiger charge is -2.45. The fourth-order valence-corrected chi connectivity index (χ4v) is 1.00. The summed E-state index contributed by atoms with van der Waals surface area (Å²) in [5.74, 6) is 0. The van der Waals surface area contributed by atoms with Crippen LogP contribution in [0.4, 0.5) is 0 Å². The molecule has 12 heavy (non-hydrogen) atoms. The van der Waals surface area contributed by atoms with Crippen molar-refractivity contribution in [2.24, 2.45) is 0 Å². The van der Waals surface area contributed by atoms with Crippen LogP contribution in [0.2, 0.25) is 5.01 Å². The zero-order valence-corrected chi connectivity index (χ0v) is 6.85. The molecule has 0 aliphatic carbocycles. The molecule has 0 bridgehead atoms. The molecule has 0 spiro atoms. The Hall–Kier alpha value is 0.714. The molecule has 37 valence electrons. The average Bonchev–Trinajstić information content (AvgIpc) is 1.86. The van der Waals surface area contributed by atoms with Crippen LogP contribution in [0, 0.1) is 0 Å². The molecule has 0 aliphatic heterocycles. The molecule has 0 fully saturated rings. The first kappa shape index (κ1) is 12.7. The molecule has 0 nitrogen and oxygen atoms in total. The van der Waals surface area contributed by atoms with Gasteiger partial charge in [-0.15, -0.1) is 0 Å². The molecule has 0 saturated heterocycles. The van der Waals surface area contributed by atoms with Crippen LogP contribution in [0.5, 0.6) is 0 Å². The number of hydrogen-bond donors (Lipinski definition) is 0. The Kier molecular flexibility index (Phi) is 5.10. The van der Waals surface area contributed by atoms with Gasteiger partial charge in [-0.25, -0.2) is 0 Å². The van der Waals surface area contributed by atoms with Gasteiger partial charge in [-0.1, -0.05) is 0 Å². The summed E-state index contributed by atoms with van der Waals surface area (Å²) in [6.07, 6.45) is 0. The molecule has 0 amide bonds. The van der Waals surface area contributed by atoms with Crippen molar-refractivity contribution in [3.8, 4) is 0 Å². The Labute approximate surface area is 86.1 Å².